The second-order valence-corrected chi connectivity index (χ2v) is 5.44. The Balaban J connectivity index is 1.77. The van der Waals surface area contributed by atoms with Crippen LogP contribution in [0.4, 0.5) is 0 Å². The molecule has 1 aromatic carbocycles. The van der Waals surface area contributed by atoms with Crippen LogP contribution in [-0.4, -0.2) is 54.7 Å². The van der Waals surface area contributed by atoms with E-state index in [0.717, 1.165) is 44.7 Å². The zero-order valence-electron chi connectivity index (χ0n) is 10.8. The first-order valence-corrected chi connectivity index (χ1v) is 6.87. The number of hydrogen-bond donors (Lipinski definition) is 1. The van der Waals surface area contributed by atoms with Gasteiger partial charge < -0.3 is 14.9 Å². The van der Waals surface area contributed by atoms with E-state index in [2.05, 4.69) is 16.8 Å². The van der Waals surface area contributed by atoms with Crippen molar-refractivity contribution in [2.24, 2.45) is 0 Å². The second-order valence-electron chi connectivity index (χ2n) is 5.00. The fraction of sp³-hybridized carbons (Fsp3) is 0.571. The van der Waals surface area contributed by atoms with E-state index in [1.807, 2.05) is 24.3 Å². The van der Waals surface area contributed by atoms with Crippen LogP contribution in [0.3, 0.4) is 0 Å². The van der Waals surface area contributed by atoms with Crippen LogP contribution in [0.1, 0.15) is 18.1 Å². The third kappa shape index (κ3) is 3.95. The first-order valence-electron chi connectivity index (χ1n) is 6.49. The molecule has 0 radical (unpaired) electrons. The van der Waals surface area contributed by atoms with Crippen molar-refractivity contribution in [1.82, 2.24) is 9.80 Å². The standard InChI is InChI=1S/C14H21ClN2O/c1-16-8-10-17(11-9-16)7-6-14(18)12-2-4-13(15)5-3-12/h2-5,14,18H,6-11H2,1H3. The summed E-state index contributed by atoms with van der Waals surface area (Å²) in [6.07, 6.45) is 0.396. The van der Waals surface area contributed by atoms with Crippen molar-refractivity contribution in [3.63, 3.8) is 0 Å². The van der Waals surface area contributed by atoms with Gasteiger partial charge in [0.15, 0.2) is 0 Å². The zero-order chi connectivity index (χ0) is 13.0. The van der Waals surface area contributed by atoms with Crippen LogP contribution in [0.15, 0.2) is 24.3 Å². The molecule has 1 fully saturated rings. The molecule has 0 aliphatic carbocycles. The van der Waals surface area contributed by atoms with E-state index >= 15 is 0 Å². The maximum atomic E-state index is 10.1. The van der Waals surface area contributed by atoms with Gasteiger partial charge in [0.25, 0.3) is 0 Å². The molecule has 2 rings (SSSR count). The van der Waals surface area contributed by atoms with Crippen molar-refractivity contribution in [2.75, 3.05) is 39.8 Å². The molecular weight excluding hydrogens is 248 g/mol. The molecule has 0 saturated carbocycles. The van der Waals surface area contributed by atoms with Gasteiger partial charge in [-0.05, 0) is 31.2 Å². The summed E-state index contributed by atoms with van der Waals surface area (Å²) < 4.78 is 0. The van der Waals surface area contributed by atoms with Crippen molar-refractivity contribution in [3.8, 4) is 0 Å². The lowest BCUT2D eigenvalue weighted by Gasteiger charge is -2.32. The van der Waals surface area contributed by atoms with Crippen LogP contribution in [0.5, 0.6) is 0 Å². The van der Waals surface area contributed by atoms with Gasteiger partial charge in [0.05, 0.1) is 6.10 Å². The van der Waals surface area contributed by atoms with Gasteiger partial charge in [-0.3, -0.25) is 0 Å². The maximum absolute atomic E-state index is 10.1. The van der Waals surface area contributed by atoms with Crippen molar-refractivity contribution in [3.05, 3.63) is 34.9 Å². The largest absolute Gasteiger partial charge is 0.388 e. The van der Waals surface area contributed by atoms with E-state index in [1.54, 1.807) is 0 Å². The molecule has 0 amide bonds. The summed E-state index contributed by atoms with van der Waals surface area (Å²) in [5.74, 6) is 0. The number of rotatable bonds is 4. The Morgan fingerprint density at radius 2 is 1.78 bits per heavy atom. The molecule has 1 N–H and O–H groups in total. The van der Waals surface area contributed by atoms with Crippen LogP contribution in [0.2, 0.25) is 5.02 Å². The fourth-order valence-electron chi connectivity index (χ4n) is 2.23. The van der Waals surface area contributed by atoms with Gasteiger partial charge in [-0.1, -0.05) is 23.7 Å². The molecular formula is C14H21ClN2O. The molecule has 1 aliphatic rings. The summed E-state index contributed by atoms with van der Waals surface area (Å²) >= 11 is 5.83. The van der Waals surface area contributed by atoms with E-state index in [0.29, 0.717) is 5.02 Å². The van der Waals surface area contributed by atoms with Crippen LogP contribution in [0, 0.1) is 0 Å². The summed E-state index contributed by atoms with van der Waals surface area (Å²) in [6.45, 7) is 5.40. The monoisotopic (exact) mass is 268 g/mol. The Morgan fingerprint density at radius 3 is 2.39 bits per heavy atom. The molecule has 1 aliphatic heterocycles. The highest BCUT2D eigenvalue weighted by molar-refractivity contribution is 6.30. The third-order valence-corrected chi connectivity index (χ3v) is 3.82. The Kier molecular flexibility index (Phi) is 5.01. The molecule has 1 unspecified atom stereocenters. The molecule has 1 atom stereocenters. The van der Waals surface area contributed by atoms with Gasteiger partial charge >= 0.3 is 0 Å². The smallest absolute Gasteiger partial charge is 0.0802 e. The summed E-state index contributed by atoms with van der Waals surface area (Å²) in [4.78, 5) is 4.76. The number of benzene rings is 1. The zero-order valence-corrected chi connectivity index (χ0v) is 11.6. The predicted octanol–water partition coefficient (Wildman–Crippen LogP) is 2.01. The molecule has 0 spiro atoms. The Hall–Kier alpha value is -0.610. The van der Waals surface area contributed by atoms with Crippen molar-refractivity contribution in [2.45, 2.75) is 12.5 Å². The molecule has 3 nitrogen and oxygen atoms in total. The van der Waals surface area contributed by atoms with E-state index in [9.17, 15) is 5.11 Å². The number of nitrogens with zero attached hydrogens (tertiary/aromatic N) is 2. The van der Waals surface area contributed by atoms with E-state index in [4.69, 9.17) is 11.6 Å². The molecule has 4 heteroatoms. The van der Waals surface area contributed by atoms with Gasteiger partial charge in [-0.25, -0.2) is 0 Å². The topological polar surface area (TPSA) is 26.7 Å². The quantitative estimate of drug-likeness (QED) is 0.905. The summed E-state index contributed by atoms with van der Waals surface area (Å²) in [6, 6.07) is 7.46. The van der Waals surface area contributed by atoms with Gasteiger partial charge in [0.2, 0.25) is 0 Å². The Morgan fingerprint density at radius 1 is 1.17 bits per heavy atom. The van der Waals surface area contributed by atoms with E-state index in [-0.39, 0.29) is 6.10 Å². The van der Waals surface area contributed by atoms with Gasteiger partial charge in [0, 0.05) is 37.7 Å². The number of halogens is 1. The van der Waals surface area contributed by atoms with E-state index < -0.39 is 0 Å². The highest BCUT2D eigenvalue weighted by Crippen LogP contribution is 2.19. The minimum Gasteiger partial charge on any atom is -0.388 e. The summed E-state index contributed by atoms with van der Waals surface area (Å²) in [7, 11) is 2.15. The lowest BCUT2D eigenvalue weighted by molar-refractivity contribution is 0.113. The van der Waals surface area contributed by atoms with Crippen LogP contribution in [-0.2, 0) is 0 Å². The van der Waals surface area contributed by atoms with Crippen molar-refractivity contribution in [1.29, 1.82) is 0 Å². The Bertz CT molecular complexity index is 361. The Labute approximate surface area is 114 Å². The lowest BCUT2D eigenvalue weighted by atomic mass is 10.1. The molecule has 18 heavy (non-hydrogen) atoms. The highest BCUT2D eigenvalue weighted by Gasteiger charge is 2.15. The predicted molar refractivity (Wildman–Crippen MR) is 75.0 cm³/mol. The molecule has 1 aromatic rings. The molecule has 0 aromatic heterocycles. The maximum Gasteiger partial charge on any atom is 0.0802 e. The van der Waals surface area contributed by atoms with Crippen molar-refractivity contribution < 1.29 is 5.11 Å². The molecule has 100 valence electrons. The normalized spacial score (nSPS) is 19.9. The fourth-order valence-corrected chi connectivity index (χ4v) is 2.35. The number of aliphatic hydroxyl groups excluding tert-OH is 1. The van der Waals surface area contributed by atoms with E-state index in [1.165, 1.54) is 0 Å². The van der Waals surface area contributed by atoms with Gasteiger partial charge in [-0.15, -0.1) is 0 Å². The number of hydrogen-bond acceptors (Lipinski definition) is 3. The summed E-state index contributed by atoms with van der Waals surface area (Å²) in [5.41, 5.74) is 0.952. The minimum absolute atomic E-state index is 0.387. The lowest BCUT2D eigenvalue weighted by Crippen LogP contribution is -2.44. The molecule has 1 heterocycles. The average Bonchev–Trinajstić information content (AvgIpc) is 2.38. The third-order valence-electron chi connectivity index (χ3n) is 3.57. The van der Waals surface area contributed by atoms with Crippen molar-refractivity contribution >= 4 is 11.6 Å². The first-order chi connectivity index (χ1) is 8.65. The molecule has 1 saturated heterocycles. The first kappa shape index (κ1) is 13.8. The van der Waals surface area contributed by atoms with Crippen LogP contribution in [0.25, 0.3) is 0 Å². The van der Waals surface area contributed by atoms with Crippen LogP contribution < -0.4 is 0 Å². The van der Waals surface area contributed by atoms with Gasteiger partial charge in [-0.2, -0.15) is 0 Å². The summed E-state index contributed by atoms with van der Waals surface area (Å²) in [5, 5.41) is 10.8. The minimum atomic E-state index is -0.387. The number of likely N-dealkylation sites (N-methyl/N-ethyl adjacent to an activating group) is 1. The number of piperazine rings is 1. The van der Waals surface area contributed by atoms with Gasteiger partial charge in [0.1, 0.15) is 0 Å². The highest BCUT2D eigenvalue weighted by atomic mass is 35.5. The number of aliphatic hydroxyl groups is 1. The average molecular weight is 269 g/mol. The molecule has 0 bridgehead atoms. The van der Waals surface area contributed by atoms with Crippen LogP contribution >= 0.6 is 11.6 Å². The SMILES string of the molecule is CN1CCN(CCC(O)c2ccc(Cl)cc2)CC1. The second kappa shape index (κ2) is 6.53.